The maximum Gasteiger partial charge on any atom is 0.243 e. The molecule has 86 valence electrons. The molecule has 0 bridgehead atoms. The van der Waals surface area contributed by atoms with E-state index in [1.54, 1.807) is 6.92 Å². The number of hydroxylamine groups is 2. The zero-order valence-electron chi connectivity index (χ0n) is 9.10. The zero-order chi connectivity index (χ0) is 11.5. The third-order valence-corrected chi connectivity index (χ3v) is 3.74. The van der Waals surface area contributed by atoms with Gasteiger partial charge in [-0.2, -0.15) is 0 Å². The van der Waals surface area contributed by atoms with Gasteiger partial charge in [0.1, 0.15) is 6.10 Å². The van der Waals surface area contributed by atoms with E-state index in [4.69, 9.17) is 4.84 Å². The summed E-state index contributed by atoms with van der Waals surface area (Å²) in [5.74, 6) is -0.0138. The molecule has 0 spiro atoms. The van der Waals surface area contributed by atoms with Crippen molar-refractivity contribution in [3.8, 4) is 0 Å². The van der Waals surface area contributed by atoms with E-state index in [2.05, 4.69) is 22.6 Å². The number of hydrogen-bond donors (Lipinski definition) is 0. The van der Waals surface area contributed by atoms with E-state index in [1.165, 1.54) is 5.06 Å². The summed E-state index contributed by atoms with van der Waals surface area (Å²) in [7, 11) is 0. The summed E-state index contributed by atoms with van der Waals surface area (Å²) in [5, 5.41) is 1.52. The molecule has 0 saturated carbocycles. The van der Waals surface area contributed by atoms with Crippen LogP contribution in [0.25, 0.3) is 0 Å². The number of amides is 1. The molecule has 3 nitrogen and oxygen atoms in total. The van der Waals surface area contributed by atoms with Gasteiger partial charge in [0.25, 0.3) is 0 Å². The first-order valence-electron chi connectivity index (χ1n) is 5.30. The number of rotatable bonds is 2. The Kier molecular flexibility index (Phi) is 3.81. The van der Waals surface area contributed by atoms with Gasteiger partial charge in [-0.1, -0.05) is 52.9 Å². The van der Waals surface area contributed by atoms with Crippen molar-refractivity contribution in [2.45, 2.75) is 25.5 Å². The van der Waals surface area contributed by atoms with Gasteiger partial charge in [-0.05, 0) is 5.56 Å². The molecule has 1 aliphatic heterocycles. The topological polar surface area (TPSA) is 29.5 Å². The third kappa shape index (κ3) is 2.38. The first-order chi connectivity index (χ1) is 7.72. The van der Waals surface area contributed by atoms with Crippen molar-refractivity contribution in [1.82, 2.24) is 5.06 Å². The van der Waals surface area contributed by atoms with Crippen LogP contribution in [0.15, 0.2) is 30.3 Å². The van der Waals surface area contributed by atoms with Crippen LogP contribution in [0.1, 0.15) is 25.0 Å². The van der Waals surface area contributed by atoms with Gasteiger partial charge in [-0.15, -0.1) is 0 Å². The average Bonchev–Trinajstić information content (AvgIpc) is 2.74. The molecule has 1 aliphatic rings. The van der Waals surface area contributed by atoms with Gasteiger partial charge < -0.3 is 0 Å². The minimum atomic E-state index is -0.0138. The first-order valence-corrected chi connectivity index (χ1v) is 6.82. The smallest absolute Gasteiger partial charge is 0.243 e. The zero-order valence-corrected chi connectivity index (χ0v) is 11.3. The number of halogens is 1. The molecule has 1 aromatic rings. The van der Waals surface area contributed by atoms with E-state index in [9.17, 15) is 4.79 Å². The highest BCUT2D eigenvalue weighted by Gasteiger charge is 2.35. The van der Waals surface area contributed by atoms with Gasteiger partial charge in [0.15, 0.2) is 0 Å². The lowest BCUT2D eigenvalue weighted by atomic mass is 10.0. The minimum Gasteiger partial charge on any atom is -0.273 e. The quantitative estimate of drug-likeness (QED) is 0.616. The summed E-state index contributed by atoms with van der Waals surface area (Å²) in [5.41, 5.74) is 1.14. The SMILES string of the molecule is CC(=O)N1O[C@H](c2ccccc2)C[C@H]1CI. The minimum absolute atomic E-state index is 0.0138. The Labute approximate surface area is 109 Å². The Bertz CT molecular complexity index is 369. The molecular formula is C12H14INO2. The fraction of sp³-hybridized carbons (Fsp3) is 0.417. The molecule has 1 aromatic carbocycles. The van der Waals surface area contributed by atoms with Crippen LogP contribution in [0.2, 0.25) is 0 Å². The van der Waals surface area contributed by atoms with Crippen molar-refractivity contribution in [1.29, 1.82) is 0 Å². The molecule has 0 unspecified atom stereocenters. The molecule has 2 atom stereocenters. The van der Waals surface area contributed by atoms with E-state index in [-0.39, 0.29) is 18.1 Å². The molecular weight excluding hydrogens is 317 g/mol. The van der Waals surface area contributed by atoms with Crippen LogP contribution in [0.5, 0.6) is 0 Å². The highest BCUT2D eigenvalue weighted by Crippen LogP contribution is 2.33. The molecule has 0 aliphatic carbocycles. The van der Waals surface area contributed by atoms with Gasteiger partial charge >= 0.3 is 0 Å². The van der Waals surface area contributed by atoms with Gasteiger partial charge in [0, 0.05) is 17.8 Å². The Balaban J connectivity index is 2.14. The van der Waals surface area contributed by atoms with Crippen molar-refractivity contribution in [3.63, 3.8) is 0 Å². The lowest BCUT2D eigenvalue weighted by Crippen LogP contribution is -2.33. The Morgan fingerprint density at radius 2 is 2.19 bits per heavy atom. The summed E-state index contributed by atoms with van der Waals surface area (Å²) in [4.78, 5) is 17.1. The number of hydrogen-bond acceptors (Lipinski definition) is 2. The normalized spacial score (nSPS) is 24.8. The van der Waals surface area contributed by atoms with Crippen molar-refractivity contribution in [2.24, 2.45) is 0 Å². The van der Waals surface area contributed by atoms with E-state index >= 15 is 0 Å². The predicted octanol–water partition coefficient (Wildman–Crippen LogP) is 2.72. The number of carbonyl (C=O) groups is 1. The van der Waals surface area contributed by atoms with Crippen LogP contribution < -0.4 is 0 Å². The van der Waals surface area contributed by atoms with Crippen molar-refractivity contribution >= 4 is 28.5 Å². The Morgan fingerprint density at radius 3 is 2.69 bits per heavy atom. The maximum absolute atomic E-state index is 11.4. The summed E-state index contributed by atoms with van der Waals surface area (Å²) < 4.78 is 0.903. The Morgan fingerprint density at radius 1 is 1.50 bits per heavy atom. The standard InChI is InChI=1S/C12H14INO2/c1-9(15)14-11(8-13)7-12(16-14)10-5-3-2-4-6-10/h2-6,11-12H,7-8H2,1H3/t11-,12-/m0/s1. The van der Waals surface area contributed by atoms with Crippen LogP contribution in [-0.4, -0.2) is 21.4 Å². The molecule has 4 heteroatoms. The van der Waals surface area contributed by atoms with Crippen molar-refractivity contribution < 1.29 is 9.63 Å². The van der Waals surface area contributed by atoms with E-state index in [1.807, 2.05) is 30.3 Å². The highest BCUT2D eigenvalue weighted by atomic mass is 127. The van der Waals surface area contributed by atoms with Crippen LogP contribution in [0.3, 0.4) is 0 Å². The number of carbonyl (C=O) groups excluding carboxylic acids is 1. The fourth-order valence-electron chi connectivity index (χ4n) is 1.93. The Hall–Kier alpha value is -0.620. The maximum atomic E-state index is 11.4. The lowest BCUT2D eigenvalue weighted by molar-refractivity contribution is -0.184. The second-order valence-corrected chi connectivity index (χ2v) is 4.77. The summed E-state index contributed by atoms with van der Waals surface area (Å²) in [6.07, 6.45) is 0.900. The second-order valence-electron chi connectivity index (χ2n) is 3.89. The van der Waals surface area contributed by atoms with Gasteiger partial charge in [-0.3, -0.25) is 9.63 Å². The van der Waals surface area contributed by atoms with Crippen molar-refractivity contribution in [2.75, 3.05) is 4.43 Å². The first kappa shape index (κ1) is 11.9. The van der Waals surface area contributed by atoms with Crippen LogP contribution in [-0.2, 0) is 9.63 Å². The van der Waals surface area contributed by atoms with Gasteiger partial charge in [-0.25, -0.2) is 5.06 Å². The largest absolute Gasteiger partial charge is 0.273 e. The number of benzene rings is 1. The molecule has 1 fully saturated rings. The van der Waals surface area contributed by atoms with Crippen LogP contribution >= 0.6 is 22.6 Å². The summed E-state index contributed by atoms with van der Waals surface area (Å²) in [6.45, 7) is 1.55. The third-order valence-electron chi connectivity index (χ3n) is 2.72. The van der Waals surface area contributed by atoms with Crippen LogP contribution in [0, 0.1) is 0 Å². The number of nitrogens with zero attached hydrogens (tertiary/aromatic N) is 1. The highest BCUT2D eigenvalue weighted by molar-refractivity contribution is 14.1. The molecule has 0 radical (unpaired) electrons. The van der Waals surface area contributed by atoms with Crippen LogP contribution in [0.4, 0.5) is 0 Å². The molecule has 2 rings (SSSR count). The van der Waals surface area contributed by atoms with Gasteiger partial charge in [0.05, 0.1) is 6.04 Å². The fourth-order valence-corrected chi connectivity index (χ4v) is 2.65. The number of alkyl halides is 1. The molecule has 16 heavy (non-hydrogen) atoms. The van der Waals surface area contributed by atoms with Gasteiger partial charge in [0.2, 0.25) is 5.91 Å². The van der Waals surface area contributed by atoms with E-state index in [0.717, 1.165) is 16.4 Å². The monoisotopic (exact) mass is 331 g/mol. The summed E-state index contributed by atoms with van der Waals surface area (Å²) in [6, 6.07) is 10.2. The molecule has 1 saturated heterocycles. The molecule has 0 N–H and O–H groups in total. The summed E-state index contributed by atoms with van der Waals surface area (Å²) >= 11 is 2.29. The lowest BCUT2D eigenvalue weighted by Gasteiger charge is -2.19. The molecule has 1 amide bonds. The van der Waals surface area contributed by atoms with E-state index in [0.29, 0.717) is 0 Å². The molecule has 0 aromatic heterocycles. The molecule has 1 heterocycles. The average molecular weight is 331 g/mol. The predicted molar refractivity (Wildman–Crippen MR) is 70.1 cm³/mol. The second kappa shape index (κ2) is 5.14. The van der Waals surface area contributed by atoms with Crippen molar-refractivity contribution in [3.05, 3.63) is 35.9 Å². The van der Waals surface area contributed by atoms with E-state index < -0.39 is 0 Å².